The molecule has 2 aromatic rings. The molecule has 0 aliphatic heterocycles. The van der Waals surface area contributed by atoms with Crippen molar-refractivity contribution in [1.29, 1.82) is 0 Å². The van der Waals surface area contributed by atoms with E-state index >= 15 is 0 Å². The highest BCUT2D eigenvalue weighted by Gasteiger charge is 2.04. The molecule has 0 spiro atoms. The van der Waals surface area contributed by atoms with Gasteiger partial charge in [-0.05, 0) is 24.3 Å². The molecule has 7 heteroatoms. The van der Waals surface area contributed by atoms with Gasteiger partial charge >= 0.3 is 5.97 Å². The molecule has 0 unspecified atom stereocenters. The smallest absolute Gasteiger partial charge is 0.337 e. The molecule has 1 aromatic heterocycles. The third-order valence-electron chi connectivity index (χ3n) is 2.00. The molecular formula is C10H9N4O3-. The zero-order valence-corrected chi connectivity index (χ0v) is 9.03. The molecule has 17 heavy (non-hydrogen) atoms. The van der Waals surface area contributed by atoms with E-state index in [0.29, 0.717) is 17.1 Å². The van der Waals surface area contributed by atoms with E-state index in [-0.39, 0.29) is 12.6 Å². The number of tetrazole rings is 1. The third kappa shape index (κ3) is 2.77. The predicted molar refractivity (Wildman–Crippen MR) is 55.3 cm³/mol. The number of carbonyl (C=O) groups is 1. The highest BCUT2D eigenvalue weighted by Crippen LogP contribution is 2.13. The van der Waals surface area contributed by atoms with Crippen molar-refractivity contribution in [2.75, 3.05) is 7.11 Å². The van der Waals surface area contributed by atoms with Gasteiger partial charge in [0.1, 0.15) is 12.4 Å². The molecule has 2 rings (SSSR count). The first-order valence-corrected chi connectivity index (χ1v) is 4.78. The number of carbonyl (C=O) groups excluding carboxylic acids is 1. The minimum atomic E-state index is -0.385. The van der Waals surface area contributed by atoms with Crippen LogP contribution in [0.4, 0.5) is 0 Å². The van der Waals surface area contributed by atoms with Gasteiger partial charge in [0.05, 0.1) is 12.7 Å². The van der Waals surface area contributed by atoms with E-state index in [9.17, 15) is 4.79 Å². The highest BCUT2D eigenvalue weighted by molar-refractivity contribution is 5.89. The minimum absolute atomic E-state index is 0.185. The number of aromatic nitrogens is 4. The second-order valence-electron chi connectivity index (χ2n) is 3.10. The third-order valence-corrected chi connectivity index (χ3v) is 2.00. The fourth-order valence-corrected chi connectivity index (χ4v) is 1.17. The molecule has 0 amide bonds. The maximum Gasteiger partial charge on any atom is 0.337 e. The standard InChI is InChI=1S/C10H9N4O3/c1-16-10(15)7-2-4-8(5-3-7)17-6-9-11-13-14-12-9/h2-5H,6H2,1H3/q-1. The Bertz CT molecular complexity index is 481. The summed E-state index contributed by atoms with van der Waals surface area (Å²) < 4.78 is 9.94. The van der Waals surface area contributed by atoms with Crippen LogP contribution in [0.25, 0.3) is 0 Å². The van der Waals surface area contributed by atoms with Crippen LogP contribution in [0.2, 0.25) is 0 Å². The Kier molecular flexibility index (Phi) is 3.29. The van der Waals surface area contributed by atoms with Gasteiger partial charge in [-0.1, -0.05) is 0 Å². The van der Waals surface area contributed by atoms with Crippen LogP contribution in [0, 0.1) is 0 Å². The van der Waals surface area contributed by atoms with Crippen LogP contribution in [0.5, 0.6) is 5.75 Å². The van der Waals surface area contributed by atoms with Crippen molar-refractivity contribution in [3.8, 4) is 5.75 Å². The van der Waals surface area contributed by atoms with E-state index in [2.05, 4.69) is 25.4 Å². The van der Waals surface area contributed by atoms with Gasteiger partial charge in [-0.2, -0.15) is 5.21 Å². The molecule has 0 aliphatic rings. The lowest BCUT2D eigenvalue weighted by molar-refractivity contribution is 0.0600. The molecule has 0 aliphatic carbocycles. The Hall–Kier alpha value is -2.44. The van der Waals surface area contributed by atoms with Gasteiger partial charge in [0.2, 0.25) is 0 Å². The van der Waals surface area contributed by atoms with E-state index in [4.69, 9.17) is 4.74 Å². The molecule has 0 fully saturated rings. The Morgan fingerprint density at radius 1 is 1.35 bits per heavy atom. The van der Waals surface area contributed by atoms with Crippen LogP contribution >= 0.6 is 0 Å². The molecule has 1 aromatic carbocycles. The van der Waals surface area contributed by atoms with Crippen LogP contribution < -0.4 is 9.84 Å². The summed E-state index contributed by atoms with van der Waals surface area (Å²) in [6.45, 7) is 0.185. The number of ether oxygens (including phenoxy) is 2. The zero-order valence-electron chi connectivity index (χ0n) is 9.03. The first kappa shape index (κ1) is 11.1. The van der Waals surface area contributed by atoms with Gasteiger partial charge in [0, 0.05) is 5.82 Å². The van der Waals surface area contributed by atoms with E-state index in [1.807, 2.05) is 0 Å². The largest absolute Gasteiger partial charge is 0.488 e. The Labute approximate surface area is 96.7 Å². The maximum absolute atomic E-state index is 11.2. The lowest BCUT2D eigenvalue weighted by Gasteiger charge is -2.06. The van der Waals surface area contributed by atoms with Crippen molar-refractivity contribution in [3.63, 3.8) is 0 Å². The molecule has 0 atom stereocenters. The summed E-state index contributed by atoms with van der Waals surface area (Å²) in [5, 5.41) is 13.9. The molecule has 0 N–H and O–H groups in total. The zero-order chi connectivity index (χ0) is 12.1. The van der Waals surface area contributed by atoms with Crippen LogP contribution in [0.1, 0.15) is 16.2 Å². The maximum atomic E-state index is 11.2. The van der Waals surface area contributed by atoms with Gasteiger partial charge in [-0.15, -0.1) is 0 Å². The van der Waals surface area contributed by atoms with Crippen molar-refractivity contribution in [3.05, 3.63) is 35.7 Å². The first-order chi connectivity index (χ1) is 8.29. The summed E-state index contributed by atoms with van der Waals surface area (Å²) in [5.41, 5.74) is 0.466. The summed E-state index contributed by atoms with van der Waals surface area (Å²) in [6.07, 6.45) is 0. The van der Waals surface area contributed by atoms with Crippen molar-refractivity contribution in [1.82, 2.24) is 20.6 Å². The molecule has 88 valence electrons. The van der Waals surface area contributed by atoms with Crippen molar-refractivity contribution in [2.24, 2.45) is 0 Å². The monoisotopic (exact) mass is 233 g/mol. The van der Waals surface area contributed by atoms with Crippen molar-refractivity contribution < 1.29 is 14.3 Å². The number of hydrogen-bond donors (Lipinski definition) is 0. The summed E-state index contributed by atoms with van der Waals surface area (Å²) in [6, 6.07) is 6.55. The molecule has 7 nitrogen and oxygen atoms in total. The van der Waals surface area contributed by atoms with Gasteiger partial charge in [-0.25, -0.2) is 4.79 Å². The molecule has 0 bridgehead atoms. The summed E-state index contributed by atoms with van der Waals surface area (Å²) in [7, 11) is 1.33. The predicted octanol–water partition coefficient (Wildman–Crippen LogP) is 0.194. The van der Waals surface area contributed by atoms with Crippen LogP contribution in [-0.4, -0.2) is 28.6 Å². The summed E-state index contributed by atoms with van der Waals surface area (Å²) in [4.78, 5) is 11.2. The number of hydrogen-bond acceptors (Lipinski definition) is 6. The fraction of sp³-hybridized carbons (Fsp3) is 0.200. The van der Waals surface area contributed by atoms with E-state index in [0.717, 1.165) is 0 Å². The average Bonchev–Trinajstić information content (AvgIpc) is 2.89. The Balaban J connectivity index is 1.96. The fourth-order valence-electron chi connectivity index (χ4n) is 1.17. The highest BCUT2D eigenvalue weighted by atomic mass is 16.5. The Morgan fingerprint density at radius 2 is 2.12 bits per heavy atom. The molecular weight excluding hydrogens is 224 g/mol. The lowest BCUT2D eigenvalue weighted by Crippen LogP contribution is -2.02. The number of rotatable bonds is 4. The molecule has 0 saturated carbocycles. The van der Waals surface area contributed by atoms with Gasteiger partial charge in [-0.3, -0.25) is 10.3 Å². The van der Waals surface area contributed by atoms with Gasteiger partial charge in [0.15, 0.2) is 0 Å². The van der Waals surface area contributed by atoms with Crippen molar-refractivity contribution in [2.45, 2.75) is 6.61 Å². The number of nitrogens with zero attached hydrogens (tertiary/aromatic N) is 4. The molecule has 0 radical (unpaired) electrons. The van der Waals surface area contributed by atoms with E-state index in [1.165, 1.54) is 7.11 Å². The molecule has 0 saturated heterocycles. The van der Waals surface area contributed by atoms with E-state index < -0.39 is 0 Å². The van der Waals surface area contributed by atoms with Gasteiger partial charge in [0.25, 0.3) is 0 Å². The Morgan fingerprint density at radius 3 is 2.71 bits per heavy atom. The first-order valence-electron chi connectivity index (χ1n) is 4.78. The summed E-state index contributed by atoms with van der Waals surface area (Å²) >= 11 is 0. The van der Waals surface area contributed by atoms with Crippen LogP contribution in [0.15, 0.2) is 24.3 Å². The van der Waals surface area contributed by atoms with Crippen LogP contribution in [0.3, 0.4) is 0 Å². The lowest BCUT2D eigenvalue weighted by atomic mass is 10.2. The van der Waals surface area contributed by atoms with E-state index in [1.54, 1.807) is 24.3 Å². The van der Waals surface area contributed by atoms with Gasteiger partial charge < -0.3 is 14.6 Å². The number of esters is 1. The minimum Gasteiger partial charge on any atom is -0.488 e. The quantitative estimate of drug-likeness (QED) is 0.696. The summed E-state index contributed by atoms with van der Waals surface area (Å²) in [5.74, 6) is 0.619. The van der Waals surface area contributed by atoms with Crippen LogP contribution in [-0.2, 0) is 11.3 Å². The second kappa shape index (κ2) is 5.06. The molecule has 1 heterocycles. The topological polar surface area (TPSA) is 88.3 Å². The van der Waals surface area contributed by atoms with Crippen molar-refractivity contribution >= 4 is 5.97 Å². The second-order valence-corrected chi connectivity index (χ2v) is 3.10. The SMILES string of the molecule is COC(=O)c1ccc(OCc2nnn[n-]2)cc1. The normalized spacial score (nSPS) is 9.94. The average molecular weight is 233 g/mol. The number of methoxy groups -OCH3 is 1. The number of benzene rings is 1.